The van der Waals surface area contributed by atoms with Crippen molar-refractivity contribution in [2.24, 2.45) is 0 Å². The summed E-state index contributed by atoms with van der Waals surface area (Å²) in [6.45, 7) is 3.45. The maximum Gasteiger partial charge on any atom is 0.249 e. The molecule has 1 fully saturated rings. The number of carbonyl (C=O) groups excluding carboxylic acids is 1. The van der Waals surface area contributed by atoms with E-state index in [1.807, 2.05) is 0 Å². The molecule has 1 aliphatic heterocycles. The summed E-state index contributed by atoms with van der Waals surface area (Å²) >= 11 is 0. The Morgan fingerprint density at radius 1 is 0.515 bits per heavy atom. The minimum absolute atomic E-state index is 0.252. The van der Waals surface area contributed by atoms with Crippen LogP contribution in [0, 0.1) is 0 Å². The molecule has 66 heavy (non-hydrogen) atoms. The highest BCUT2D eigenvalue weighted by atomic mass is 16.7. The summed E-state index contributed by atoms with van der Waals surface area (Å²) < 4.78 is 11.1. The lowest BCUT2D eigenvalue weighted by Crippen LogP contribution is -2.60. The largest absolute Gasteiger partial charge is 0.394 e. The maximum absolute atomic E-state index is 13.1. The van der Waals surface area contributed by atoms with Gasteiger partial charge in [-0.05, 0) is 64.2 Å². The maximum atomic E-state index is 13.1. The number of aliphatic hydroxyl groups excluding tert-OH is 7. The molecule has 1 saturated heterocycles. The molecule has 0 aromatic rings. The van der Waals surface area contributed by atoms with Crippen molar-refractivity contribution >= 4 is 5.91 Å². The van der Waals surface area contributed by atoms with E-state index in [4.69, 9.17) is 9.47 Å². The quantitative estimate of drug-likeness (QED) is 0.0215. The second-order valence-electron chi connectivity index (χ2n) is 19.6. The van der Waals surface area contributed by atoms with Gasteiger partial charge < -0.3 is 50.5 Å². The van der Waals surface area contributed by atoms with Gasteiger partial charge in [0, 0.05) is 0 Å². The van der Waals surface area contributed by atoms with E-state index in [1.165, 1.54) is 167 Å². The normalized spacial score (nSPS) is 20.9. The van der Waals surface area contributed by atoms with E-state index in [2.05, 4.69) is 43.5 Å². The van der Waals surface area contributed by atoms with Gasteiger partial charge in [-0.15, -0.1) is 0 Å². The summed E-state index contributed by atoms with van der Waals surface area (Å²) in [6.07, 6.45) is 40.9. The van der Waals surface area contributed by atoms with Gasteiger partial charge in [0.05, 0.1) is 25.4 Å². The number of hydrogen-bond acceptors (Lipinski definition) is 10. The highest BCUT2D eigenvalue weighted by molar-refractivity contribution is 5.80. The Balaban J connectivity index is 2.33. The van der Waals surface area contributed by atoms with Gasteiger partial charge in [-0.1, -0.05) is 212 Å². The van der Waals surface area contributed by atoms with Gasteiger partial charge in [0.2, 0.25) is 5.91 Å². The van der Waals surface area contributed by atoms with E-state index in [1.54, 1.807) is 0 Å². The lowest BCUT2D eigenvalue weighted by molar-refractivity contribution is -0.303. The van der Waals surface area contributed by atoms with Crippen LogP contribution in [-0.2, 0) is 14.3 Å². The third kappa shape index (κ3) is 33.2. The number of nitrogens with one attached hydrogen (secondary N) is 1. The van der Waals surface area contributed by atoms with E-state index in [-0.39, 0.29) is 12.8 Å². The first-order chi connectivity index (χ1) is 32.2. The predicted octanol–water partition coefficient (Wildman–Crippen LogP) is 11.0. The monoisotopic (exact) mass is 940 g/mol. The molecule has 11 nitrogen and oxygen atoms in total. The second-order valence-corrected chi connectivity index (χ2v) is 19.6. The first-order valence-corrected chi connectivity index (χ1v) is 27.7. The Morgan fingerprint density at radius 2 is 0.894 bits per heavy atom. The number of hydrogen-bond donors (Lipinski definition) is 8. The number of rotatable bonds is 47. The van der Waals surface area contributed by atoms with E-state index >= 15 is 0 Å². The number of amides is 1. The molecule has 1 rings (SSSR count). The minimum atomic E-state index is -1.67. The fourth-order valence-electron chi connectivity index (χ4n) is 8.91. The highest BCUT2D eigenvalue weighted by Gasteiger charge is 2.44. The van der Waals surface area contributed by atoms with Crippen LogP contribution in [0.2, 0.25) is 0 Å². The topological polar surface area (TPSA) is 189 Å². The lowest BCUT2D eigenvalue weighted by atomic mass is 9.98. The summed E-state index contributed by atoms with van der Waals surface area (Å²) in [7, 11) is 0. The molecule has 1 aliphatic rings. The molecule has 0 spiro atoms. The van der Waals surface area contributed by atoms with Crippen molar-refractivity contribution in [2.45, 2.75) is 306 Å². The number of ether oxygens (including phenoxy) is 2. The molecule has 0 aromatic heterocycles. The van der Waals surface area contributed by atoms with Gasteiger partial charge in [0.15, 0.2) is 6.29 Å². The van der Waals surface area contributed by atoms with Crippen LogP contribution in [0.25, 0.3) is 0 Å². The second kappa shape index (κ2) is 44.8. The average Bonchev–Trinajstić information content (AvgIpc) is 3.32. The van der Waals surface area contributed by atoms with E-state index in [9.17, 15) is 40.5 Å². The molecule has 9 unspecified atom stereocenters. The Kier molecular flexibility index (Phi) is 42.5. The fourth-order valence-corrected chi connectivity index (χ4v) is 8.91. The third-order valence-electron chi connectivity index (χ3n) is 13.5. The molecule has 390 valence electrons. The molecule has 9 atom stereocenters. The Labute approximate surface area is 404 Å². The molecule has 0 bridgehead atoms. The highest BCUT2D eigenvalue weighted by Crippen LogP contribution is 2.23. The molecule has 8 N–H and O–H groups in total. The van der Waals surface area contributed by atoms with Crippen LogP contribution in [0.15, 0.2) is 24.3 Å². The van der Waals surface area contributed by atoms with Gasteiger partial charge >= 0.3 is 0 Å². The molecular weight excluding hydrogens is 835 g/mol. The van der Waals surface area contributed by atoms with Crippen LogP contribution in [0.3, 0.4) is 0 Å². The molecular formula is C55H105NO10. The van der Waals surface area contributed by atoms with E-state index in [0.29, 0.717) is 12.8 Å². The zero-order valence-electron chi connectivity index (χ0n) is 42.4. The number of carbonyl (C=O) groups is 1. The van der Waals surface area contributed by atoms with Crippen molar-refractivity contribution in [3.8, 4) is 0 Å². The molecule has 1 heterocycles. The van der Waals surface area contributed by atoms with Crippen molar-refractivity contribution in [2.75, 3.05) is 13.2 Å². The number of aliphatic hydroxyl groups is 7. The first kappa shape index (κ1) is 62.6. The zero-order valence-corrected chi connectivity index (χ0v) is 42.4. The SMILES string of the molecule is CCCCCCCCCCCC/C=C/CCCC(O)C(O)C(COC1OC(CO)C(O)C(O)C1O)NC(=O)C(O)CCCCCCCCCC/C=C\CCCCCCCCCCCCCC. The lowest BCUT2D eigenvalue weighted by Gasteiger charge is -2.40. The number of allylic oxidation sites excluding steroid dienone is 4. The summed E-state index contributed by atoms with van der Waals surface area (Å²) in [5, 5.41) is 75.9. The number of unbranched alkanes of at least 4 members (excludes halogenated alkanes) is 31. The molecule has 11 heteroatoms. The standard InChI is InChI=1S/C55H105NO10/c1-3-5-7-9-11-13-15-17-19-20-21-22-23-24-25-26-27-29-31-33-35-37-39-41-43-48(59)54(64)56-46(45-65-55-53(63)52(62)51(61)49(44-57)66-55)50(60)47(58)42-40-38-36-34-32-30-28-18-16-14-12-10-8-6-4-2/h24-25,34,36,46-53,55,57-63H,3-23,26-33,35,37-45H2,1-2H3,(H,56,64)/b25-24-,36-34+. The molecule has 0 aromatic carbocycles. The molecule has 1 amide bonds. The fraction of sp³-hybridized carbons (Fsp3) is 0.909. The predicted molar refractivity (Wildman–Crippen MR) is 270 cm³/mol. The van der Waals surface area contributed by atoms with Gasteiger partial charge in [0.1, 0.15) is 36.6 Å². The van der Waals surface area contributed by atoms with E-state index in [0.717, 1.165) is 44.9 Å². The molecule has 0 saturated carbocycles. The van der Waals surface area contributed by atoms with Crippen molar-refractivity contribution in [3.63, 3.8) is 0 Å². The molecule has 0 radical (unpaired) electrons. The Bertz CT molecular complexity index is 1120. The van der Waals surface area contributed by atoms with Crippen LogP contribution in [0.4, 0.5) is 0 Å². The van der Waals surface area contributed by atoms with E-state index < -0.39 is 74.2 Å². The summed E-state index contributed by atoms with van der Waals surface area (Å²) in [5.74, 6) is -0.707. The van der Waals surface area contributed by atoms with Crippen molar-refractivity contribution in [1.82, 2.24) is 5.32 Å². The van der Waals surface area contributed by atoms with Crippen LogP contribution < -0.4 is 5.32 Å². The first-order valence-electron chi connectivity index (χ1n) is 27.7. The van der Waals surface area contributed by atoms with Gasteiger partial charge in [-0.25, -0.2) is 0 Å². The van der Waals surface area contributed by atoms with Crippen LogP contribution in [0.5, 0.6) is 0 Å². The average molecular weight is 940 g/mol. The summed E-state index contributed by atoms with van der Waals surface area (Å²) in [4.78, 5) is 13.1. The Morgan fingerprint density at radius 3 is 1.30 bits per heavy atom. The van der Waals surface area contributed by atoms with Crippen molar-refractivity contribution in [1.29, 1.82) is 0 Å². The van der Waals surface area contributed by atoms with Gasteiger partial charge in [-0.2, -0.15) is 0 Å². The van der Waals surface area contributed by atoms with Crippen molar-refractivity contribution in [3.05, 3.63) is 24.3 Å². The summed E-state index contributed by atoms with van der Waals surface area (Å²) in [6, 6.07) is -1.18. The van der Waals surface area contributed by atoms with Crippen LogP contribution in [-0.4, -0.2) is 110 Å². The van der Waals surface area contributed by atoms with Crippen LogP contribution in [0.1, 0.15) is 251 Å². The minimum Gasteiger partial charge on any atom is -0.394 e. The smallest absolute Gasteiger partial charge is 0.249 e. The molecule has 0 aliphatic carbocycles. The summed E-state index contributed by atoms with van der Waals surface area (Å²) in [5.41, 5.74) is 0. The van der Waals surface area contributed by atoms with Crippen LogP contribution >= 0.6 is 0 Å². The Hall–Kier alpha value is -1.41. The van der Waals surface area contributed by atoms with Gasteiger partial charge in [-0.3, -0.25) is 4.79 Å². The zero-order chi connectivity index (χ0) is 48.3. The van der Waals surface area contributed by atoms with Crippen molar-refractivity contribution < 1.29 is 50.0 Å². The van der Waals surface area contributed by atoms with Gasteiger partial charge in [0.25, 0.3) is 0 Å². The third-order valence-corrected chi connectivity index (χ3v) is 13.5.